The molecular weight excluding hydrogens is 416 g/mol. The van der Waals surface area contributed by atoms with Crippen LogP contribution in [0.3, 0.4) is 0 Å². The van der Waals surface area contributed by atoms with Crippen molar-refractivity contribution in [3.63, 3.8) is 0 Å². The van der Waals surface area contributed by atoms with E-state index >= 15 is 0 Å². The molecule has 6 heteroatoms. The minimum atomic E-state index is -1.04. The van der Waals surface area contributed by atoms with Crippen LogP contribution in [0.1, 0.15) is 49.4 Å². The smallest absolute Gasteiger partial charge is 0.127 e. The molecule has 1 aliphatic rings. The maximum atomic E-state index is 10.6. The van der Waals surface area contributed by atoms with E-state index in [1.54, 1.807) is 25.6 Å². The van der Waals surface area contributed by atoms with Gasteiger partial charge in [-0.1, -0.05) is 48.0 Å². The van der Waals surface area contributed by atoms with E-state index in [9.17, 15) is 5.11 Å². The van der Waals surface area contributed by atoms with Crippen LogP contribution in [0.2, 0.25) is 5.02 Å². The zero-order valence-corrected chi connectivity index (χ0v) is 18.9. The van der Waals surface area contributed by atoms with E-state index in [0.29, 0.717) is 17.3 Å². The highest BCUT2D eigenvalue weighted by molar-refractivity contribution is 8.08. The first-order valence-electron chi connectivity index (χ1n) is 10.0. The molecule has 0 saturated carbocycles. The van der Waals surface area contributed by atoms with Gasteiger partial charge in [0.1, 0.15) is 11.4 Å². The van der Waals surface area contributed by atoms with Crippen LogP contribution in [0.15, 0.2) is 60.7 Å². The summed E-state index contributed by atoms with van der Waals surface area (Å²) < 4.78 is 7.70. The third-order valence-electron chi connectivity index (χ3n) is 5.01. The van der Waals surface area contributed by atoms with E-state index in [1.165, 1.54) is 4.91 Å². The van der Waals surface area contributed by atoms with Gasteiger partial charge in [-0.05, 0) is 51.5 Å². The monoisotopic (exact) mass is 440 g/mol. The topological polar surface area (TPSA) is 47.3 Å². The number of rotatable bonds is 6. The lowest BCUT2D eigenvalue weighted by molar-refractivity contribution is 0.0734. The molecule has 2 heterocycles. The maximum absolute atomic E-state index is 10.6. The van der Waals surface area contributed by atoms with Gasteiger partial charge in [0.25, 0.3) is 0 Å². The molecule has 1 aromatic heterocycles. The molecule has 0 amide bonds. The molecule has 1 atom stereocenters. The van der Waals surface area contributed by atoms with E-state index < -0.39 is 5.60 Å². The number of hydrogen-bond acceptors (Lipinski definition) is 4. The molecule has 30 heavy (non-hydrogen) atoms. The lowest BCUT2D eigenvalue weighted by atomic mass is 10.0. The van der Waals surface area contributed by atoms with Gasteiger partial charge in [0.2, 0.25) is 0 Å². The molecule has 0 bridgehead atoms. The van der Waals surface area contributed by atoms with Gasteiger partial charge in [-0.3, -0.25) is 0 Å². The molecule has 4 rings (SSSR count). The summed E-state index contributed by atoms with van der Waals surface area (Å²) in [5, 5.41) is 16.1. The molecule has 0 aliphatic carbocycles. The number of aliphatic hydroxyl groups is 1. The Morgan fingerprint density at radius 1 is 1.20 bits per heavy atom. The molecule has 156 valence electrons. The highest BCUT2D eigenvalue weighted by atomic mass is 35.5. The van der Waals surface area contributed by atoms with Crippen LogP contribution in [0.5, 0.6) is 5.75 Å². The Labute approximate surface area is 186 Å². The Balaban J connectivity index is 1.71. The zero-order valence-electron chi connectivity index (χ0n) is 17.3. The minimum absolute atomic E-state index is 0.162. The first-order valence-corrected chi connectivity index (χ1v) is 11.3. The first-order chi connectivity index (χ1) is 14.4. The molecule has 0 radical (unpaired) electrons. The molecule has 1 aliphatic heterocycles. The first kappa shape index (κ1) is 21.0. The maximum Gasteiger partial charge on any atom is 0.127 e. The lowest BCUT2D eigenvalue weighted by Crippen LogP contribution is -2.16. The molecule has 0 spiro atoms. The van der Waals surface area contributed by atoms with E-state index in [-0.39, 0.29) is 5.25 Å². The van der Waals surface area contributed by atoms with Crippen LogP contribution in [0, 0.1) is 0 Å². The van der Waals surface area contributed by atoms with Crippen molar-refractivity contribution < 1.29 is 9.84 Å². The molecule has 0 saturated heterocycles. The Bertz CT molecular complexity index is 1080. The number of thioether (sulfide) groups is 1. The minimum Gasteiger partial charge on any atom is -0.493 e. The summed E-state index contributed by atoms with van der Waals surface area (Å²) in [6.07, 6.45) is 3.11. The Morgan fingerprint density at radius 3 is 2.67 bits per heavy atom. The fraction of sp³-hybridized carbons (Fsp3) is 0.292. The van der Waals surface area contributed by atoms with Crippen molar-refractivity contribution in [2.45, 2.75) is 38.0 Å². The van der Waals surface area contributed by atoms with Crippen LogP contribution in [0.25, 0.3) is 10.6 Å². The summed E-state index contributed by atoms with van der Waals surface area (Å²) in [7, 11) is 0. The fourth-order valence-corrected chi connectivity index (χ4v) is 5.00. The van der Waals surface area contributed by atoms with Crippen molar-refractivity contribution in [3.05, 3.63) is 82.6 Å². The third kappa shape index (κ3) is 4.15. The van der Waals surface area contributed by atoms with E-state index in [0.717, 1.165) is 29.1 Å². The zero-order chi connectivity index (χ0) is 21.3. The van der Waals surface area contributed by atoms with Gasteiger partial charge in [0.15, 0.2) is 0 Å². The van der Waals surface area contributed by atoms with Gasteiger partial charge in [-0.2, -0.15) is 5.10 Å². The van der Waals surface area contributed by atoms with Gasteiger partial charge < -0.3 is 9.84 Å². The van der Waals surface area contributed by atoms with Gasteiger partial charge in [0.05, 0.1) is 34.0 Å². The van der Waals surface area contributed by atoms with Crippen LogP contribution in [0.4, 0.5) is 0 Å². The van der Waals surface area contributed by atoms with E-state index in [2.05, 4.69) is 12.1 Å². The average Bonchev–Trinajstić information content (AvgIpc) is 3.36. The van der Waals surface area contributed by atoms with Crippen LogP contribution in [-0.4, -0.2) is 21.5 Å². The highest BCUT2D eigenvalue weighted by Crippen LogP contribution is 2.50. The van der Waals surface area contributed by atoms with Crippen LogP contribution < -0.4 is 4.74 Å². The predicted octanol–water partition coefficient (Wildman–Crippen LogP) is 6.37. The lowest BCUT2D eigenvalue weighted by Gasteiger charge is -2.15. The van der Waals surface area contributed by atoms with Crippen molar-refractivity contribution in [2.24, 2.45) is 0 Å². The Morgan fingerprint density at radius 2 is 1.93 bits per heavy atom. The molecule has 4 nitrogen and oxygen atoms in total. The van der Waals surface area contributed by atoms with Crippen molar-refractivity contribution in [2.75, 3.05) is 6.61 Å². The van der Waals surface area contributed by atoms with Gasteiger partial charge in [0, 0.05) is 10.5 Å². The number of benzene rings is 2. The quantitative estimate of drug-likeness (QED) is 0.483. The number of halogens is 1. The molecule has 1 unspecified atom stereocenters. The second kappa shape index (κ2) is 8.50. The van der Waals surface area contributed by atoms with Crippen LogP contribution in [-0.2, 0) is 5.60 Å². The van der Waals surface area contributed by atoms with Crippen molar-refractivity contribution >= 4 is 28.3 Å². The number of nitrogens with zero attached hydrogens (tertiary/aromatic N) is 2. The predicted molar refractivity (Wildman–Crippen MR) is 124 cm³/mol. The highest BCUT2D eigenvalue weighted by Gasteiger charge is 2.30. The number of aromatic nitrogens is 2. The molecule has 2 aromatic carbocycles. The number of para-hydroxylation sites is 2. The summed E-state index contributed by atoms with van der Waals surface area (Å²) in [6, 6.07) is 17.8. The van der Waals surface area contributed by atoms with Gasteiger partial charge in [-0.15, -0.1) is 11.8 Å². The summed E-state index contributed by atoms with van der Waals surface area (Å²) in [5.74, 6) is 0.899. The van der Waals surface area contributed by atoms with E-state index in [4.69, 9.17) is 21.4 Å². The molecular formula is C24H25ClN2O2S. The van der Waals surface area contributed by atoms with Crippen molar-refractivity contribution in [1.82, 2.24) is 9.78 Å². The molecule has 3 aromatic rings. The normalized spacial score (nSPS) is 16.6. The second-order valence-corrected chi connectivity index (χ2v) is 9.37. The SMILES string of the molecule is CCOc1ccccc1C1=CCC(c2cc(C(C)(C)O)nn2-c2ccccc2Cl)S1. The third-order valence-corrected chi connectivity index (χ3v) is 6.69. The van der Waals surface area contributed by atoms with Gasteiger partial charge in [-0.25, -0.2) is 4.68 Å². The van der Waals surface area contributed by atoms with E-state index in [1.807, 2.05) is 60.1 Å². The molecule has 1 N–H and O–H groups in total. The fourth-order valence-electron chi connectivity index (χ4n) is 3.51. The van der Waals surface area contributed by atoms with Crippen LogP contribution >= 0.6 is 23.4 Å². The number of hydrogen-bond donors (Lipinski definition) is 1. The standard InChI is InChI=1S/C24H25ClN2O2S/c1-4-29-20-12-8-5-9-16(20)21-13-14-22(30-21)19-15-23(24(2,3)28)26-27(19)18-11-7-6-10-17(18)25/h5-13,15,22,28H,4,14H2,1-3H3. The Hall–Kier alpha value is -2.21. The Kier molecular flexibility index (Phi) is 5.96. The van der Waals surface area contributed by atoms with Crippen molar-refractivity contribution in [1.29, 1.82) is 0 Å². The number of allylic oxidation sites excluding steroid dienone is 1. The van der Waals surface area contributed by atoms with Crippen molar-refractivity contribution in [3.8, 4) is 11.4 Å². The largest absolute Gasteiger partial charge is 0.493 e. The molecule has 0 fully saturated rings. The summed E-state index contributed by atoms with van der Waals surface area (Å²) >= 11 is 8.27. The summed E-state index contributed by atoms with van der Waals surface area (Å²) in [6.45, 7) is 6.13. The second-order valence-electron chi connectivity index (χ2n) is 7.72. The summed E-state index contributed by atoms with van der Waals surface area (Å²) in [5.41, 5.74) is 2.53. The number of ether oxygens (including phenoxy) is 1. The van der Waals surface area contributed by atoms with Gasteiger partial charge >= 0.3 is 0 Å². The average molecular weight is 441 g/mol. The summed E-state index contributed by atoms with van der Waals surface area (Å²) in [4.78, 5) is 1.20.